The van der Waals surface area contributed by atoms with Crippen molar-refractivity contribution in [3.05, 3.63) is 41.8 Å². The second-order valence-electron chi connectivity index (χ2n) is 6.82. The van der Waals surface area contributed by atoms with Crippen molar-refractivity contribution < 1.29 is 18.8 Å². The van der Waals surface area contributed by atoms with E-state index in [0.717, 1.165) is 12.8 Å². The highest BCUT2D eigenvalue weighted by Crippen LogP contribution is 2.30. The number of piperidine rings is 1. The van der Waals surface area contributed by atoms with Crippen molar-refractivity contribution in [2.45, 2.75) is 32.3 Å². The van der Waals surface area contributed by atoms with E-state index in [4.69, 9.17) is 4.52 Å². The van der Waals surface area contributed by atoms with E-state index in [0.29, 0.717) is 30.0 Å². The summed E-state index contributed by atoms with van der Waals surface area (Å²) in [7, 11) is 0. The normalized spacial score (nSPS) is 18.7. The van der Waals surface area contributed by atoms with Gasteiger partial charge in [-0.05, 0) is 51.0 Å². The van der Waals surface area contributed by atoms with Gasteiger partial charge in [-0.25, -0.2) is 4.39 Å². The number of carbonyl (C=O) groups excluding carboxylic acids is 1. The number of halogens is 1. The van der Waals surface area contributed by atoms with Gasteiger partial charge in [0.25, 0.3) is 5.91 Å². The predicted octanol–water partition coefficient (Wildman–Crippen LogP) is 3.10. The van der Waals surface area contributed by atoms with E-state index in [1.54, 1.807) is 30.9 Å². The van der Waals surface area contributed by atoms with Crippen molar-refractivity contribution >= 4 is 5.91 Å². The molecule has 2 heterocycles. The molecule has 1 saturated heterocycles. The van der Waals surface area contributed by atoms with Crippen LogP contribution in [-0.4, -0.2) is 39.8 Å². The Balaban J connectivity index is 1.83. The predicted molar refractivity (Wildman–Crippen MR) is 86.8 cm³/mol. The third-order valence-electron chi connectivity index (χ3n) is 4.61. The zero-order chi connectivity index (χ0) is 17.3. The van der Waals surface area contributed by atoms with Gasteiger partial charge in [0.1, 0.15) is 11.4 Å². The fourth-order valence-corrected chi connectivity index (χ4v) is 3.11. The van der Waals surface area contributed by atoms with Gasteiger partial charge in [0.05, 0.1) is 11.8 Å². The lowest BCUT2D eigenvalue weighted by atomic mass is 9.84. The van der Waals surface area contributed by atoms with Gasteiger partial charge in [0.15, 0.2) is 5.76 Å². The smallest absolute Gasteiger partial charge is 0.259 e. The number of benzene rings is 1. The molecule has 1 amide bonds. The van der Waals surface area contributed by atoms with E-state index < -0.39 is 5.60 Å². The molecule has 1 aliphatic heterocycles. The van der Waals surface area contributed by atoms with Crippen LogP contribution < -0.4 is 0 Å². The Morgan fingerprint density at radius 1 is 1.38 bits per heavy atom. The Morgan fingerprint density at radius 2 is 2.08 bits per heavy atom. The molecular weight excluding hydrogens is 311 g/mol. The van der Waals surface area contributed by atoms with Gasteiger partial charge in [-0.15, -0.1) is 0 Å². The molecule has 1 atom stereocenters. The van der Waals surface area contributed by atoms with Crippen LogP contribution in [0.5, 0.6) is 0 Å². The molecule has 0 bridgehead atoms. The van der Waals surface area contributed by atoms with E-state index in [2.05, 4.69) is 5.16 Å². The van der Waals surface area contributed by atoms with Gasteiger partial charge >= 0.3 is 0 Å². The third kappa shape index (κ3) is 3.33. The van der Waals surface area contributed by atoms with E-state index in [1.807, 2.05) is 0 Å². The molecule has 24 heavy (non-hydrogen) atoms. The van der Waals surface area contributed by atoms with Crippen molar-refractivity contribution in [1.82, 2.24) is 10.1 Å². The Labute approximate surface area is 140 Å². The molecule has 2 aromatic rings. The largest absolute Gasteiger partial charge is 0.390 e. The molecule has 0 saturated carbocycles. The molecule has 1 fully saturated rings. The van der Waals surface area contributed by atoms with Crippen molar-refractivity contribution in [2.75, 3.05) is 13.1 Å². The molecule has 5 nitrogen and oxygen atoms in total. The van der Waals surface area contributed by atoms with Crippen molar-refractivity contribution in [3.63, 3.8) is 0 Å². The van der Waals surface area contributed by atoms with Gasteiger partial charge in [0.2, 0.25) is 0 Å². The number of hydrogen-bond acceptors (Lipinski definition) is 4. The quantitative estimate of drug-likeness (QED) is 0.938. The molecule has 1 N–H and O–H groups in total. The summed E-state index contributed by atoms with van der Waals surface area (Å²) in [5.41, 5.74) is 0.138. The Kier molecular flexibility index (Phi) is 4.41. The van der Waals surface area contributed by atoms with Crippen molar-refractivity contribution in [2.24, 2.45) is 5.92 Å². The number of aromatic nitrogens is 1. The summed E-state index contributed by atoms with van der Waals surface area (Å²) in [5.74, 6) is -0.158. The lowest BCUT2D eigenvalue weighted by Crippen LogP contribution is -2.46. The summed E-state index contributed by atoms with van der Waals surface area (Å²) < 4.78 is 18.3. The summed E-state index contributed by atoms with van der Waals surface area (Å²) in [6, 6.07) is 5.75. The molecule has 1 aromatic heterocycles. The number of carbonyl (C=O) groups is 1. The first-order valence-corrected chi connectivity index (χ1v) is 8.08. The zero-order valence-electron chi connectivity index (χ0n) is 13.8. The number of aliphatic hydroxyl groups is 1. The van der Waals surface area contributed by atoms with Crippen LogP contribution in [0.15, 0.2) is 35.0 Å². The highest BCUT2D eigenvalue weighted by molar-refractivity contribution is 5.99. The van der Waals surface area contributed by atoms with Crippen LogP contribution in [-0.2, 0) is 0 Å². The molecule has 0 spiro atoms. The number of hydrogen-bond donors (Lipinski definition) is 1. The molecule has 3 rings (SSSR count). The summed E-state index contributed by atoms with van der Waals surface area (Å²) in [4.78, 5) is 14.6. The minimum atomic E-state index is -0.826. The molecule has 0 radical (unpaired) electrons. The second kappa shape index (κ2) is 6.36. The van der Waals surface area contributed by atoms with Crippen LogP contribution in [0.4, 0.5) is 4.39 Å². The zero-order valence-corrected chi connectivity index (χ0v) is 13.8. The number of rotatable bonds is 3. The Bertz CT molecular complexity index is 719. The standard InChI is InChI=1S/C18H21FN2O3/c1-18(2,23)13-4-3-9-21(11-13)17(22)15-10-20-24-16(15)12-5-7-14(19)8-6-12/h5-8,10,13,23H,3-4,9,11H2,1-2H3/t13-/m1/s1. The van der Waals surface area contributed by atoms with Gasteiger partial charge < -0.3 is 14.5 Å². The molecule has 1 aromatic carbocycles. The molecule has 6 heteroatoms. The lowest BCUT2D eigenvalue weighted by molar-refractivity contribution is -0.0146. The Hall–Kier alpha value is -2.21. The molecule has 0 aliphatic carbocycles. The maximum absolute atomic E-state index is 13.1. The van der Waals surface area contributed by atoms with Crippen LogP contribution in [0.2, 0.25) is 0 Å². The molecular formula is C18H21FN2O3. The first kappa shape index (κ1) is 16.6. The van der Waals surface area contributed by atoms with Crippen LogP contribution >= 0.6 is 0 Å². The lowest BCUT2D eigenvalue weighted by Gasteiger charge is -2.38. The van der Waals surface area contributed by atoms with Gasteiger partial charge in [0, 0.05) is 24.6 Å². The number of amides is 1. The van der Waals surface area contributed by atoms with Crippen LogP contribution in [0, 0.1) is 11.7 Å². The third-order valence-corrected chi connectivity index (χ3v) is 4.61. The van der Waals surface area contributed by atoms with E-state index in [9.17, 15) is 14.3 Å². The first-order chi connectivity index (χ1) is 11.4. The highest BCUT2D eigenvalue weighted by atomic mass is 19.1. The van der Waals surface area contributed by atoms with Crippen LogP contribution in [0.1, 0.15) is 37.0 Å². The minimum absolute atomic E-state index is 0.0318. The first-order valence-electron chi connectivity index (χ1n) is 8.08. The number of likely N-dealkylation sites (tertiary alicyclic amines) is 1. The van der Waals surface area contributed by atoms with Gasteiger partial charge in [-0.2, -0.15) is 0 Å². The summed E-state index contributed by atoms with van der Waals surface area (Å²) >= 11 is 0. The van der Waals surface area contributed by atoms with E-state index in [-0.39, 0.29) is 17.6 Å². The summed E-state index contributed by atoms with van der Waals surface area (Å²) in [6.45, 7) is 4.68. The van der Waals surface area contributed by atoms with Crippen molar-refractivity contribution in [3.8, 4) is 11.3 Å². The maximum Gasteiger partial charge on any atom is 0.259 e. The van der Waals surface area contributed by atoms with Gasteiger partial charge in [-0.3, -0.25) is 4.79 Å². The van der Waals surface area contributed by atoms with Crippen LogP contribution in [0.3, 0.4) is 0 Å². The summed E-state index contributed by atoms with van der Waals surface area (Å²) in [6.07, 6.45) is 3.13. The van der Waals surface area contributed by atoms with E-state index in [1.165, 1.54) is 18.3 Å². The molecule has 0 unspecified atom stereocenters. The Morgan fingerprint density at radius 3 is 2.75 bits per heavy atom. The van der Waals surface area contributed by atoms with Crippen molar-refractivity contribution in [1.29, 1.82) is 0 Å². The highest BCUT2D eigenvalue weighted by Gasteiger charge is 2.34. The monoisotopic (exact) mass is 332 g/mol. The minimum Gasteiger partial charge on any atom is -0.390 e. The maximum atomic E-state index is 13.1. The summed E-state index contributed by atoms with van der Waals surface area (Å²) in [5, 5.41) is 14.0. The molecule has 1 aliphatic rings. The second-order valence-corrected chi connectivity index (χ2v) is 6.82. The molecule has 128 valence electrons. The fraction of sp³-hybridized carbons (Fsp3) is 0.444. The van der Waals surface area contributed by atoms with Crippen LogP contribution in [0.25, 0.3) is 11.3 Å². The number of nitrogens with zero attached hydrogens (tertiary/aromatic N) is 2. The average Bonchev–Trinajstić information content (AvgIpc) is 3.04. The van der Waals surface area contributed by atoms with Gasteiger partial charge in [-0.1, -0.05) is 5.16 Å². The van der Waals surface area contributed by atoms with E-state index >= 15 is 0 Å². The average molecular weight is 332 g/mol. The topological polar surface area (TPSA) is 66.6 Å². The fourth-order valence-electron chi connectivity index (χ4n) is 3.11. The SMILES string of the molecule is CC(C)(O)[C@@H]1CCCN(C(=O)c2cnoc2-c2ccc(F)cc2)C1.